The van der Waals surface area contributed by atoms with Gasteiger partial charge in [0.05, 0.1) is 5.56 Å². The maximum Gasteiger partial charge on any atom is 0.167 e. The maximum absolute atomic E-state index is 6.77. The van der Waals surface area contributed by atoms with Crippen molar-refractivity contribution in [2.75, 3.05) is 0 Å². The zero-order valence-electron chi connectivity index (χ0n) is 27.0. The van der Waals surface area contributed by atoms with Gasteiger partial charge in [0.15, 0.2) is 17.5 Å². The van der Waals surface area contributed by atoms with Crippen molar-refractivity contribution in [2.45, 2.75) is 0 Å². The summed E-state index contributed by atoms with van der Waals surface area (Å²) in [6, 6.07) is 52.0. The highest BCUT2D eigenvalue weighted by Crippen LogP contribution is 2.46. The Morgan fingerprint density at radius 1 is 0.373 bits per heavy atom. The Balaban J connectivity index is 1.20. The predicted molar refractivity (Wildman–Crippen MR) is 209 cm³/mol. The average Bonchev–Trinajstić information content (AvgIpc) is 3.89. The maximum atomic E-state index is 6.77. The first-order chi connectivity index (χ1) is 25.3. The number of fused-ring (bicyclic) bond motifs is 9. The third kappa shape index (κ3) is 4.30. The summed E-state index contributed by atoms with van der Waals surface area (Å²) in [6.45, 7) is 0. The van der Waals surface area contributed by atoms with E-state index < -0.39 is 0 Å². The van der Waals surface area contributed by atoms with Crippen LogP contribution in [0, 0.1) is 0 Å². The molecule has 11 aromatic rings. The number of thiophene rings is 1. The van der Waals surface area contributed by atoms with Crippen molar-refractivity contribution >= 4 is 75.4 Å². The summed E-state index contributed by atoms with van der Waals surface area (Å²) in [5.41, 5.74) is 8.06. The molecule has 4 heterocycles. The molecule has 0 fully saturated rings. The topological polar surface area (TPSA) is 65.0 Å². The summed E-state index contributed by atoms with van der Waals surface area (Å²) < 4.78 is 15.6. The van der Waals surface area contributed by atoms with Gasteiger partial charge in [-0.3, -0.25) is 0 Å². The van der Waals surface area contributed by atoms with E-state index in [1.54, 1.807) is 0 Å². The first-order valence-electron chi connectivity index (χ1n) is 16.9. The largest absolute Gasteiger partial charge is 0.456 e. The van der Waals surface area contributed by atoms with Gasteiger partial charge in [-0.25, -0.2) is 15.0 Å². The van der Waals surface area contributed by atoms with E-state index in [9.17, 15) is 0 Å². The van der Waals surface area contributed by atoms with Crippen molar-refractivity contribution in [1.82, 2.24) is 15.0 Å². The number of rotatable bonds is 4. The van der Waals surface area contributed by atoms with E-state index in [1.165, 1.54) is 25.7 Å². The molecular formula is C45H25N3O2S. The Hall–Kier alpha value is -6.63. The minimum absolute atomic E-state index is 0.541. The van der Waals surface area contributed by atoms with Gasteiger partial charge < -0.3 is 8.83 Å². The molecule has 0 unspecified atom stereocenters. The highest BCUT2D eigenvalue weighted by atomic mass is 32.1. The summed E-state index contributed by atoms with van der Waals surface area (Å²) in [6.07, 6.45) is 0. The molecule has 238 valence electrons. The standard InChI is InChI=1S/C45H25N3O2S/c1-2-12-26(13-3-1)43-46-44(33-19-11-22-37-39(33)31-15-4-7-20-35(31)49-37)48-45(47-43)34-25-24-28(40-32-16-5-8-21-36(32)50-41(34)40)30-18-10-17-29-27-14-6-9-23-38(27)51-42(29)30/h1-25H. The molecule has 6 heteroatoms. The summed E-state index contributed by atoms with van der Waals surface area (Å²) >= 11 is 1.83. The van der Waals surface area contributed by atoms with Crippen LogP contribution < -0.4 is 0 Å². The van der Waals surface area contributed by atoms with Gasteiger partial charge in [-0.15, -0.1) is 11.3 Å². The predicted octanol–water partition coefficient (Wildman–Crippen LogP) is 12.7. The Morgan fingerprint density at radius 3 is 1.80 bits per heavy atom. The van der Waals surface area contributed by atoms with Crippen molar-refractivity contribution in [3.8, 4) is 45.3 Å². The molecule has 0 spiro atoms. The van der Waals surface area contributed by atoms with Crippen LogP contribution >= 0.6 is 11.3 Å². The van der Waals surface area contributed by atoms with E-state index in [0.29, 0.717) is 17.5 Å². The van der Waals surface area contributed by atoms with Gasteiger partial charge in [0.1, 0.15) is 22.3 Å². The highest BCUT2D eigenvalue weighted by Gasteiger charge is 2.23. The van der Waals surface area contributed by atoms with Gasteiger partial charge >= 0.3 is 0 Å². The van der Waals surface area contributed by atoms with E-state index in [4.69, 9.17) is 23.8 Å². The lowest BCUT2D eigenvalue weighted by Crippen LogP contribution is -2.00. The molecular weight excluding hydrogens is 647 g/mol. The van der Waals surface area contributed by atoms with Crippen molar-refractivity contribution in [3.05, 3.63) is 152 Å². The van der Waals surface area contributed by atoms with Crippen LogP contribution in [-0.2, 0) is 0 Å². The lowest BCUT2D eigenvalue weighted by atomic mass is 9.95. The van der Waals surface area contributed by atoms with E-state index in [0.717, 1.165) is 66.1 Å². The van der Waals surface area contributed by atoms with Crippen molar-refractivity contribution < 1.29 is 8.83 Å². The molecule has 51 heavy (non-hydrogen) atoms. The monoisotopic (exact) mass is 671 g/mol. The van der Waals surface area contributed by atoms with Crippen molar-refractivity contribution in [1.29, 1.82) is 0 Å². The van der Waals surface area contributed by atoms with Crippen LogP contribution in [0.5, 0.6) is 0 Å². The van der Waals surface area contributed by atoms with Crippen LogP contribution in [0.25, 0.3) is 109 Å². The summed E-state index contributed by atoms with van der Waals surface area (Å²) in [5, 5.41) is 6.62. The molecule has 11 rings (SSSR count). The second-order valence-electron chi connectivity index (χ2n) is 12.7. The van der Waals surface area contributed by atoms with Gasteiger partial charge in [-0.2, -0.15) is 0 Å². The number of benzene rings is 7. The van der Waals surface area contributed by atoms with Crippen LogP contribution in [0.1, 0.15) is 0 Å². The third-order valence-corrected chi connectivity index (χ3v) is 11.0. The molecule has 0 aliphatic carbocycles. The molecule has 0 N–H and O–H groups in total. The first kappa shape index (κ1) is 28.2. The van der Waals surface area contributed by atoms with Crippen molar-refractivity contribution in [2.24, 2.45) is 0 Å². The average molecular weight is 672 g/mol. The van der Waals surface area contributed by atoms with E-state index in [2.05, 4.69) is 78.9 Å². The summed E-state index contributed by atoms with van der Waals surface area (Å²) in [4.78, 5) is 15.4. The number of nitrogens with zero attached hydrogens (tertiary/aromatic N) is 3. The van der Waals surface area contributed by atoms with Crippen LogP contribution in [0.4, 0.5) is 0 Å². The first-order valence-corrected chi connectivity index (χ1v) is 17.7. The minimum Gasteiger partial charge on any atom is -0.456 e. The van der Waals surface area contributed by atoms with E-state index in [1.807, 2.05) is 84.1 Å². The van der Waals surface area contributed by atoms with Crippen LogP contribution in [0.2, 0.25) is 0 Å². The van der Waals surface area contributed by atoms with Gasteiger partial charge in [-0.05, 0) is 35.9 Å². The lowest BCUT2D eigenvalue weighted by molar-refractivity contribution is 0.668. The molecule has 0 bridgehead atoms. The molecule has 5 nitrogen and oxygen atoms in total. The third-order valence-electron chi connectivity index (χ3n) is 9.77. The fourth-order valence-electron chi connectivity index (χ4n) is 7.48. The van der Waals surface area contributed by atoms with Crippen LogP contribution in [-0.4, -0.2) is 15.0 Å². The Labute approximate surface area is 295 Å². The SMILES string of the molecule is c1ccc(-c2nc(-c3ccc(-c4cccc5c4sc4ccccc45)c4c3oc3ccccc34)nc(-c3cccc4oc5ccccc5c34)n2)cc1. The summed E-state index contributed by atoms with van der Waals surface area (Å²) in [5.74, 6) is 1.70. The Morgan fingerprint density at radius 2 is 0.961 bits per heavy atom. The van der Waals surface area contributed by atoms with Crippen molar-refractivity contribution in [3.63, 3.8) is 0 Å². The van der Waals surface area contributed by atoms with Crippen LogP contribution in [0.15, 0.2) is 160 Å². The fraction of sp³-hybridized carbons (Fsp3) is 0. The van der Waals surface area contributed by atoms with E-state index >= 15 is 0 Å². The minimum atomic E-state index is 0.541. The number of hydrogen-bond acceptors (Lipinski definition) is 6. The molecule has 0 saturated carbocycles. The van der Waals surface area contributed by atoms with E-state index in [-0.39, 0.29) is 0 Å². The molecule has 0 aliphatic rings. The quantitative estimate of drug-likeness (QED) is 0.186. The zero-order chi connectivity index (χ0) is 33.5. The van der Waals surface area contributed by atoms with Gasteiger partial charge in [0.2, 0.25) is 0 Å². The molecule has 0 atom stereocenters. The molecule has 0 amide bonds. The molecule has 0 aliphatic heterocycles. The van der Waals surface area contributed by atoms with Crippen LogP contribution in [0.3, 0.4) is 0 Å². The number of furan rings is 2. The number of para-hydroxylation sites is 2. The normalized spacial score (nSPS) is 11.9. The highest BCUT2D eigenvalue weighted by molar-refractivity contribution is 7.26. The number of hydrogen-bond donors (Lipinski definition) is 0. The second kappa shape index (κ2) is 10.9. The smallest absolute Gasteiger partial charge is 0.167 e. The summed E-state index contributed by atoms with van der Waals surface area (Å²) in [7, 11) is 0. The van der Waals surface area contributed by atoms with Gasteiger partial charge in [0, 0.05) is 58.4 Å². The zero-order valence-corrected chi connectivity index (χ0v) is 27.8. The Kier molecular flexibility index (Phi) is 6.05. The molecule has 0 radical (unpaired) electrons. The molecule has 4 aromatic heterocycles. The Bertz CT molecular complexity index is 3160. The second-order valence-corrected chi connectivity index (χ2v) is 13.7. The lowest BCUT2D eigenvalue weighted by Gasteiger charge is -2.11. The number of aromatic nitrogens is 3. The van der Waals surface area contributed by atoms with Gasteiger partial charge in [-0.1, -0.05) is 121 Å². The molecule has 7 aromatic carbocycles. The van der Waals surface area contributed by atoms with Gasteiger partial charge in [0.25, 0.3) is 0 Å². The fourth-order valence-corrected chi connectivity index (χ4v) is 8.71. The molecule has 0 saturated heterocycles.